The van der Waals surface area contributed by atoms with Crippen LogP contribution in [0.3, 0.4) is 0 Å². The monoisotopic (exact) mass is 180 g/mol. The Balaban J connectivity index is 1.91. The highest BCUT2D eigenvalue weighted by atomic mass is 32.1. The average molecular weight is 180 g/mol. The Morgan fingerprint density at radius 2 is 2.67 bits per heavy atom. The van der Waals surface area contributed by atoms with Gasteiger partial charge in [-0.25, -0.2) is 4.98 Å². The molecule has 4 heteroatoms. The molecule has 0 fully saturated rings. The van der Waals surface area contributed by atoms with Gasteiger partial charge in [0.1, 0.15) is 12.0 Å². The van der Waals surface area contributed by atoms with Crippen molar-refractivity contribution < 1.29 is 9.15 Å². The first-order valence-corrected chi connectivity index (χ1v) is 4.29. The van der Waals surface area contributed by atoms with Crippen molar-refractivity contribution in [3.8, 4) is 5.75 Å². The minimum Gasteiger partial charge on any atom is -0.482 e. The quantitative estimate of drug-likeness (QED) is 0.725. The largest absolute Gasteiger partial charge is 0.482 e. The number of rotatable bonds is 3. The zero-order valence-corrected chi connectivity index (χ0v) is 7.00. The predicted octanol–water partition coefficient (Wildman–Crippen LogP) is 2.12. The fourth-order valence-electron chi connectivity index (χ4n) is 0.763. The molecule has 0 atom stereocenters. The van der Waals surface area contributed by atoms with Crippen LogP contribution in [0.15, 0.2) is 28.3 Å². The van der Waals surface area contributed by atoms with Crippen LogP contribution in [-0.4, -0.2) is 4.98 Å². The highest BCUT2D eigenvalue weighted by Gasteiger charge is 1.98. The lowest BCUT2D eigenvalue weighted by molar-refractivity contribution is 0.263. The number of nitrogens with zero attached hydrogens (tertiary/aromatic N) is 1. The summed E-state index contributed by atoms with van der Waals surface area (Å²) >= 11 is 1.48. The van der Waals surface area contributed by atoms with Crippen LogP contribution in [0.5, 0.6) is 5.75 Å². The van der Waals surface area contributed by atoms with E-state index in [2.05, 4.69) is 10.4 Å². The fourth-order valence-corrected chi connectivity index (χ4v) is 1.27. The van der Waals surface area contributed by atoms with Gasteiger partial charge < -0.3 is 9.15 Å². The number of aromatic nitrogens is 1. The van der Waals surface area contributed by atoms with Crippen LogP contribution >= 0.6 is 11.3 Å². The van der Waals surface area contributed by atoms with Crippen LogP contribution in [0.4, 0.5) is 0 Å². The zero-order chi connectivity index (χ0) is 8.23. The van der Waals surface area contributed by atoms with Crippen LogP contribution in [-0.2, 0) is 6.61 Å². The molecule has 3 nitrogen and oxygen atoms in total. The molecule has 0 N–H and O–H groups in total. The van der Waals surface area contributed by atoms with Crippen LogP contribution in [0.2, 0.25) is 0 Å². The Morgan fingerprint density at radius 3 is 3.33 bits per heavy atom. The molecule has 2 aromatic rings. The van der Waals surface area contributed by atoms with Gasteiger partial charge >= 0.3 is 0 Å². The van der Waals surface area contributed by atoms with Gasteiger partial charge in [-0.1, -0.05) is 0 Å². The molecule has 0 bridgehead atoms. The summed E-state index contributed by atoms with van der Waals surface area (Å²) in [5.41, 5.74) is 0. The van der Waals surface area contributed by atoms with Crippen LogP contribution in [0.25, 0.3) is 0 Å². The smallest absolute Gasteiger partial charge is 0.232 e. The molecule has 1 radical (unpaired) electrons. The second-order valence-corrected chi connectivity index (χ2v) is 2.81. The van der Waals surface area contributed by atoms with Crippen molar-refractivity contribution in [3.63, 3.8) is 0 Å². The zero-order valence-electron chi connectivity index (χ0n) is 6.19. The summed E-state index contributed by atoms with van der Waals surface area (Å²) in [5.74, 6) is 1.31. The Labute approximate surface area is 73.6 Å². The number of thiophene rings is 1. The van der Waals surface area contributed by atoms with Gasteiger partial charge in [0.2, 0.25) is 5.89 Å². The first kappa shape index (κ1) is 7.36. The lowest BCUT2D eigenvalue weighted by Gasteiger charge is -1.97. The average Bonchev–Trinajstić information content (AvgIpc) is 2.74. The van der Waals surface area contributed by atoms with Crippen molar-refractivity contribution >= 4 is 11.3 Å². The van der Waals surface area contributed by atoms with Crippen LogP contribution < -0.4 is 4.74 Å². The molecule has 0 saturated heterocycles. The molecule has 0 unspecified atom stereocenters. The lowest BCUT2D eigenvalue weighted by Crippen LogP contribution is -1.93. The minimum atomic E-state index is 0.361. The minimum absolute atomic E-state index is 0.361. The molecule has 0 aromatic carbocycles. The van der Waals surface area contributed by atoms with Crippen molar-refractivity contribution in [2.45, 2.75) is 6.61 Å². The molecule has 0 aliphatic heterocycles. The lowest BCUT2D eigenvalue weighted by atomic mass is 10.6. The van der Waals surface area contributed by atoms with Gasteiger partial charge in [-0.3, -0.25) is 0 Å². The van der Waals surface area contributed by atoms with E-state index >= 15 is 0 Å². The van der Waals surface area contributed by atoms with Crippen molar-refractivity contribution in [2.24, 2.45) is 0 Å². The van der Waals surface area contributed by atoms with Gasteiger partial charge in [0.05, 0.1) is 11.6 Å². The Kier molecular flexibility index (Phi) is 2.09. The molecule has 12 heavy (non-hydrogen) atoms. The van der Waals surface area contributed by atoms with Gasteiger partial charge in [-0.05, 0) is 11.4 Å². The van der Waals surface area contributed by atoms with E-state index in [0.29, 0.717) is 12.5 Å². The fraction of sp³-hybridized carbons (Fsp3) is 0.125. The predicted molar refractivity (Wildman–Crippen MR) is 44.0 cm³/mol. The third-order valence-electron chi connectivity index (χ3n) is 1.28. The van der Waals surface area contributed by atoms with E-state index < -0.39 is 0 Å². The summed E-state index contributed by atoms with van der Waals surface area (Å²) in [6, 6.07) is 1.85. The van der Waals surface area contributed by atoms with E-state index in [0.717, 1.165) is 5.75 Å². The number of hydrogen-bond acceptors (Lipinski definition) is 4. The van der Waals surface area contributed by atoms with Gasteiger partial charge in [0.25, 0.3) is 0 Å². The molecule has 61 valence electrons. The van der Waals surface area contributed by atoms with Crippen molar-refractivity contribution in [3.05, 3.63) is 35.2 Å². The summed E-state index contributed by atoms with van der Waals surface area (Å²) in [7, 11) is 0. The van der Waals surface area contributed by atoms with Crippen LogP contribution in [0, 0.1) is 5.38 Å². The number of hydrogen-bond donors (Lipinski definition) is 0. The summed E-state index contributed by atoms with van der Waals surface area (Å²) in [4.78, 5) is 3.91. The molecule has 0 aliphatic carbocycles. The third kappa shape index (κ3) is 1.65. The van der Waals surface area contributed by atoms with Gasteiger partial charge in [-0.2, -0.15) is 0 Å². The van der Waals surface area contributed by atoms with Crippen molar-refractivity contribution in [1.82, 2.24) is 4.98 Å². The van der Waals surface area contributed by atoms with E-state index in [1.807, 2.05) is 11.4 Å². The standard InChI is InChI=1S/C8H6NO2S/c1-4-12-6-7(1)11-5-8-9-2-3-10-8/h1-4H,5H2. The first-order chi connectivity index (χ1) is 5.95. The van der Waals surface area contributed by atoms with Gasteiger partial charge in [0, 0.05) is 0 Å². The first-order valence-electron chi connectivity index (χ1n) is 3.41. The molecule has 0 spiro atoms. The van der Waals surface area contributed by atoms with E-state index in [4.69, 9.17) is 9.15 Å². The maximum absolute atomic E-state index is 5.29. The topological polar surface area (TPSA) is 35.3 Å². The normalized spacial score (nSPS) is 10.0. The molecule has 0 amide bonds. The van der Waals surface area contributed by atoms with Crippen molar-refractivity contribution in [1.29, 1.82) is 0 Å². The maximum atomic E-state index is 5.29. The van der Waals surface area contributed by atoms with Gasteiger partial charge in [0.15, 0.2) is 6.61 Å². The van der Waals surface area contributed by atoms with Crippen LogP contribution in [0.1, 0.15) is 5.89 Å². The summed E-state index contributed by atoms with van der Waals surface area (Å²) in [6.45, 7) is 0.361. The Bertz CT molecular complexity index is 280. The maximum Gasteiger partial charge on any atom is 0.232 e. The number of ether oxygens (including phenoxy) is 1. The Morgan fingerprint density at radius 1 is 1.67 bits per heavy atom. The van der Waals surface area contributed by atoms with Crippen molar-refractivity contribution in [2.75, 3.05) is 0 Å². The highest BCUT2D eigenvalue weighted by molar-refractivity contribution is 7.07. The summed E-state index contributed by atoms with van der Waals surface area (Å²) < 4.78 is 10.3. The summed E-state index contributed by atoms with van der Waals surface area (Å²) in [5, 5.41) is 4.86. The van der Waals surface area contributed by atoms with E-state index in [1.165, 1.54) is 17.6 Å². The second kappa shape index (κ2) is 3.40. The number of oxazole rings is 1. The van der Waals surface area contributed by atoms with E-state index in [1.54, 1.807) is 6.20 Å². The molecular formula is C8H6NO2S. The molecule has 2 heterocycles. The molecule has 0 saturated carbocycles. The molecular weight excluding hydrogens is 174 g/mol. The highest BCUT2D eigenvalue weighted by Crippen LogP contribution is 2.14. The Hall–Kier alpha value is -1.29. The molecule has 2 aromatic heterocycles. The van der Waals surface area contributed by atoms with E-state index in [9.17, 15) is 0 Å². The molecule has 2 rings (SSSR count). The second-order valence-electron chi connectivity index (χ2n) is 2.10. The van der Waals surface area contributed by atoms with Gasteiger partial charge in [-0.15, -0.1) is 11.3 Å². The summed E-state index contributed by atoms with van der Waals surface area (Å²) in [6.07, 6.45) is 3.12. The third-order valence-corrected chi connectivity index (χ3v) is 1.87. The molecule has 0 aliphatic rings. The van der Waals surface area contributed by atoms with E-state index in [-0.39, 0.29) is 0 Å². The SMILES string of the molecule is [c]1sccc1OCc1ncco1.